The molecule has 2 aromatic carbocycles. The molecule has 1 aliphatic heterocycles. The summed E-state index contributed by atoms with van der Waals surface area (Å²) < 4.78 is 20.1. The highest BCUT2D eigenvalue weighted by atomic mass is 35.5. The smallest absolute Gasteiger partial charge is 0.321 e. The zero-order valence-corrected chi connectivity index (χ0v) is 18.6. The summed E-state index contributed by atoms with van der Waals surface area (Å²) in [5, 5.41) is 6.20. The third-order valence-electron chi connectivity index (χ3n) is 5.74. The van der Waals surface area contributed by atoms with E-state index < -0.39 is 0 Å². The molecule has 1 aliphatic carbocycles. The lowest BCUT2D eigenvalue weighted by Gasteiger charge is -2.27. The van der Waals surface area contributed by atoms with Crippen LogP contribution >= 0.6 is 12.4 Å². The van der Waals surface area contributed by atoms with Crippen LogP contribution in [-0.4, -0.2) is 43.7 Å². The van der Waals surface area contributed by atoms with Crippen molar-refractivity contribution in [3.8, 4) is 5.75 Å². The predicted molar refractivity (Wildman–Crippen MR) is 124 cm³/mol. The van der Waals surface area contributed by atoms with Gasteiger partial charge in [-0.05, 0) is 67.3 Å². The van der Waals surface area contributed by atoms with Gasteiger partial charge in [0, 0.05) is 31.9 Å². The van der Waals surface area contributed by atoms with Crippen LogP contribution in [0.3, 0.4) is 0 Å². The Balaban J connectivity index is 0.00000272. The summed E-state index contributed by atoms with van der Waals surface area (Å²) in [4.78, 5) is 14.1. The molecule has 0 spiro atoms. The minimum atomic E-state index is -0.182. The maximum absolute atomic E-state index is 14.4. The highest BCUT2D eigenvalue weighted by Crippen LogP contribution is 2.42. The number of benzene rings is 2. The van der Waals surface area contributed by atoms with Gasteiger partial charge in [-0.15, -0.1) is 12.4 Å². The van der Waals surface area contributed by atoms with Crippen molar-refractivity contribution < 1.29 is 13.9 Å². The fraction of sp³-hybridized carbons (Fsp3) is 0.458. The number of carbonyl (C=O) groups excluding carboxylic acids is 1. The second-order valence-electron chi connectivity index (χ2n) is 8.10. The van der Waals surface area contributed by atoms with Crippen molar-refractivity contribution in [2.45, 2.75) is 38.0 Å². The van der Waals surface area contributed by atoms with Gasteiger partial charge in [-0.1, -0.05) is 24.3 Å². The molecule has 2 aromatic rings. The summed E-state index contributed by atoms with van der Waals surface area (Å²) in [7, 11) is 0. The van der Waals surface area contributed by atoms with Crippen molar-refractivity contribution in [1.29, 1.82) is 0 Å². The maximum Gasteiger partial charge on any atom is 0.321 e. The van der Waals surface area contributed by atoms with E-state index in [0.29, 0.717) is 18.3 Å². The Kier molecular flexibility index (Phi) is 8.55. The van der Waals surface area contributed by atoms with Crippen LogP contribution in [0, 0.1) is 5.82 Å². The second kappa shape index (κ2) is 11.3. The molecule has 31 heavy (non-hydrogen) atoms. The molecule has 2 N–H and O–H groups in total. The Labute approximate surface area is 189 Å². The zero-order valence-electron chi connectivity index (χ0n) is 17.7. The molecule has 1 heterocycles. The number of rotatable bonds is 8. The number of aryl methyl sites for hydroxylation is 1. The first-order valence-electron chi connectivity index (χ1n) is 11.0. The third kappa shape index (κ3) is 6.58. The molecule has 0 bridgehead atoms. The van der Waals surface area contributed by atoms with Crippen molar-refractivity contribution in [3.63, 3.8) is 0 Å². The Morgan fingerprint density at radius 2 is 1.84 bits per heavy atom. The maximum atomic E-state index is 14.4. The minimum Gasteiger partial charge on any atom is -0.491 e. The molecule has 5 nitrogen and oxygen atoms in total. The Hall–Kier alpha value is -2.31. The number of nitrogens with zero attached hydrogens (tertiary/aromatic N) is 1. The Morgan fingerprint density at radius 1 is 1.10 bits per heavy atom. The highest BCUT2D eigenvalue weighted by Gasteiger charge is 2.27. The Bertz CT molecular complexity index is 852. The average molecular weight is 448 g/mol. The van der Waals surface area contributed by atoms with Gasteiger partial charge in [-0.2, -0.15) is 0 Å². The van der Waals surface area contributed by atoms with E-state index in [2.05, 4.69) is 10.6 Å². The van der Waals surface area contributed by atoms with E-state index in [1.165, 1.54) is 5.56 Å². The normalized spacial score (nSPS) is 15.8. The standard InChI is InChI=1S/C24H30FN3O2.ClH/c25-23-21(19-9-10-19)5-3-6-22(23)30-17-2-1-4-18-7-11-20(12-8-18)27-24(29)28-15-13-26-14-16-28;/h3,5-8,11-12,19,26H,1-2,4,9-10,13-17H2,(H,27,29);1H. The van der Waals surface area contributed by atoms with Gasteiger partial charge in [-0.3, -0.25) is 0 Å². The van der Waals surface area contributed by atoms with Crippen LogP contribution in [0.25, 0.3) is 0 Å². The topological polar surface area (TPSA) is 53.6 Å². The summed E-state index contributed by atoms with van der Waals surface area (Å²) in [5.74, 6) is 0.584. The SMILES string of the molecule is Cl.O=C(Nc1ccc(CCCCOc2cccc(C3CC3)c2F)cc1)N1CCNCC1. The first-order chi connectivity index (χ1) is 14.7. The van der Waals surface area contributed by atoms with Crippen LogP contribution < -0.4 is 15.4 Å². The number of amides is 2. The monoisotopic (exact) mass is 447 g/mol. The largest absolute Gasteiger partial charge is 0.491 e. The van der Waals surface area contributed by atoms with Gasteiger partial charge in [0.05, 0.1) is 6.61 Å². The van der Waals surface area contributed by atoms with Crippen molar-refractivity contribution in [2.24, 2.45) is 0 Å². The van der Waals surface area contributed by atoms with Gasteiger partial charge in [0.25, 0.3) is 0 Å². The first kappa shape index (κ1) is 23.4. The number of nitrogens with one attached hydrogen (secondary N) is 2. The van der Waals surface area contributed by atoms with Crippen LogP contribution in [0.4, 0.5) is 14.9 Å². The predicted octanol–water partition coefficient (Wildman–Crippen LogP) is 4.96. The molecule has 0 atom stereocenters. The van der Waals surface area contributed by atoms with Gasteiger partial charge in [0.2, 0.25) is 0 Å². The number of ether oxygens (including phenoxy) is 1. The van der Waals surface area contributed by atoms with E-state index in [-0.39, 0.29) is 24.3 Å². The number of hydrogen-bond acceptors (Lipinski definition) is 3. The number of urea groups is 1. The fourth-order valence-corrected chi connectivity index (χ4v) is 3.79. The summed E-state index contributed by atoms with van der Waals surface area (Å²) >= 11 is 0. The van der Waals surface area contributed by atoms with E-state index in [1.807, 2.05) is 41.3 Å². The van der Waals surface area contributed by atoms with Gasteiger partial charge in [0.15, 0.2) is 11.6 Å². The van der Waals surface area contributed by atoms with E-state index in [0.717, 1.165) is 69.5 Å². The number of unbranched alkanes of at least 4 members (excludes halogenated alkanes) is 1. The van der Waals surface area contributed by atoms with Crippen molar-refractivity contribution in [1.82, 2.24) is 10.2 Å². The molecule has 2 amide bonds. The van der Waals surface area contributed by atoms with Crippen molar-refractivity contribution in [3.05, 3.63) is 59.4 Å². The molecule has 0 unspecified atom stereocenters. The molecule has 1 saturated heterocycles. The molecule has 0 radical (unpaired) electrons. The number of hydrogen-bond donors (Lipinski definition) is 2. The molecule has 0 aromatic heterocycles. The summed E-state index contributed by atoms with van der Waals surface area (Å²) in [6.07, 6.45) is 4.93. The summed E-state index contributed by atoms with van der Waals surface area (Å²) in [5.41, 5.74) is 2.84. The van der Waals surface area contributed by atoms with Crippen LogP contribution in [0.5, 0.6) is 5.75 Å². The number of anilines is 1. The molecule has 4 rings (SSSR count). The highest BCUT2D eigenvalue weighted by molar-refractivity contribution is 5.89. The van der Waals surface area contributed by atoms with Crippen LogP contribution in [0.15, 0.2) is 42.5 Å². The van der Waals surface area contributed by atoms with Crippen molar-refractivity contribution in [2.75, 3.05) is 38.1 Å². The molecule has 7 heteroatoms. The molecule has 2 fully saturated rings. The van der Waals surface area contributed by atoms with E-state index >= 15 is 0 Å². The average Bonchev–Trinajstić information content (AvgIpc) is 3.61. The summed E-state index contributed by atoms with van der Waals surface area (Å²) in [6, 6.07) is 13.4. The first-order valence-corrected chi connectivity index (χ1v) is 11.0. The number of carbonyl (C=O) groups is 1. The van der Waals surface area contributed by atoms with Gasteiger partial charge < -0.3 is 20.3 Å². The van der Waals surface area contributed by atoms with Gasteiger partial charge >= 0.3 is 6.03 Å². The quantitative estimate of drug-likeness (QED) is 0.562. The van der Waals surface area contributed by atoms with Gasteiger partial charge in [0.1, 0.15) is 0 Å². The molecular weight excluding hydrogens is 417 g/mol. The lowest BCUT2D eigenvalue weighted by atomic mass is 10.1. The van der Waals surface area contributed by atoms with Gasteiger partial charge in [-0.25, -0.2) is 9.18 Å². The number of piperazine rings is 1. The lowest BCUT2D eigenvalue weighted by Crippen LogP contribution is -2.48. The van der Waals surface area contributed by atoms with Crippen LogP contribution in [0.1, 0.15) is 42.7 Å². The van der Waals surface area contributed by atoms with Crippen molar-refractivity contribution >= 4 is 24.1 Å². The lowest BCUT2D eigenvalue weighted by molar-refractivity contribution is 0.204. The zero-order chi connectivity index (χ0) is 20.8. The number of halogens is 2. The van der Waals surface area contributed by atoms with E-state index in [4.69, 9.17) is 4.74 Å². The minimum absolute atomic E-state index is 0. The molecule has 168 valence electrons. The van der Waals surface area contributed by atoms with E-state index in [1.54, 1.807) is 6.07 Å². The second-order valence-corrected chi connectivity index (χ2v) is 8.10. The molecular formula is C24H31ClFN3O2. The summed E-state index contributed by atoms with van der Waals surface area (Å²) in [6.45, 7) is 3.68. The van der Waals surface area contributed by atoms with Crippen LogP contribution in [0.2, 0.25) is 0 Å². The fourth-order valence-electron chi connectivity index (χ4n) is 3.79. The van der Waals surface area contributed by atoms with Crippen LogP contribution in [-0.2, 0) is 6.42 Å². The third-order valence-corrected chi connectivity index (χ3v) is 5.74. The van der Waals surface area contributed by atoms with E-state index in [9.17, 15) is 9.18 Å². The molecule has 2 aliphatic rings. The Morgan fingerprint density at radius 3 is 2.55 bits per heavy atom. The molecule has 1 saturated carbocycles.